The molecule has 0 spiro atoms. The number of allylic oxidation sites excluding steroid dienone is 2. The van der Waals surface area contributed by atoms with Gasteiger partial charge in [-0.3, -0.25) is 0 Å². The molecule has 2 aliphatic heterocycles. The van der Waals surface area contributed by atoms with E-state index in [-0.39, 0.29) is 16.2 Å². The molecular weight excluding hydrogens is 477 g/mol. The molecule has 4 heteroatoms. The van der Waals surface area contributed by atoms with Crippen molar-refractivity contribution in [3.8, 4) is 0 Å². The SMILES string of the molecule is CC1=C(c2ccccc2)[P@]2C[C@@]1(C)C(c1ccccc1)=C2[C@H](N[S+]([O-])C(C)(C)C)c1ccc(C)cc1. The van der Waals surface area contributed by atoms with Crippen LogP contribution < -0.4 is 4.72 Å². The van der Waals surface area contributed by atoms with Gasteiger partial charge in [0.15, 0.2) is 0 Å². The van der Waals surface area contributed by atoms with E-state index in [1.165, 1.54) is 44.0 Å². The highest BCUT2D eigenvalue weighted by Crippen LogP contribution is 2.79. The molecule has 0 aromatic heterocycles. The van der Waals surface area contributed by atoms with Crippen LogP contribution in [0.2, 0.25) is 0 Å². The van der Waals surface area contributed by atoms with E-state index in [0.29, 0.717) is 0 Å². The van der Waals surface area contributed by atoms with Crippen LogP contribution in [0, 0.1) is 12.3 Å². The first-order chi connectivity index (χ1) is 17.1. The molecule has 0 saturated heterocycles. The Morgan fingerprint density at radius 2 is 1.42 bits per heavy atom. The van der Waals surface area contributed by atoms with E-state index < -0.39 is 19.3 Å². The topological polar surface area (TPSA) is 35.1 Å². The molecule has 1 unspecified atom stereocenters. The van der Waals surface area contributed by atoms with Crippen LogP contribution >= 0.6 is 7.92 Å². The first-order valence-corrected chi connectivity index (χ1v) is 15.4. The van der Waals surface area contributed by atoms with Gasteiger partial charge in [0.05, 0.1) is 0 Å². The third-order valence-electron chi connectivity index (χ3n) is 7.60. The van der Waals surface area contributed by atoms with Crippen LogP contribution in [0.15, 0.2) is 95.8 Å². The Bertz CT molecular complexity index is 1310. The Morgan fingerprint density at radius 1 is 0.861 bits per heavy atom. The van der Waals surface area contributed by atoms with Gasteiger partial charge in [0.25, 0.3) is 0 Å². The van der Waals surface area contributed by atoms with Gasteiger partial charge in [-0.15, -0.1) is 4.72 Å². The molecule has 0 radical (unpaired) electrons. The van der Waals surface area contributed by atoms with Crippen molar-refractivity contribution < 1.29 is 4.55 Å². The van der Waals surface area contributed by atoms with Gasteiger partial charge in [-0.2, -0.15) is 0 Å². The number of aryl methyl sites for hydroxylation is 1. The van der Waals surface area contributed by atoms with Gasteiger partial charge in [0, 0.05) is 16.8 Å². The van der Waals surface area contributed by atoms with Crippen molar-refractivity contribution in [3.05, 3.63) is 118 Å². The Balaban J connectivity index is 1.74. The number of benzene rings is 3. The number of rotatable bonds is 6. The molecule has 3 aromatic rings. The Hall–Kier alpha value is -2.16. The molecule has 1 N–H and O–H groups in total. The Kier molecular flexibility index (Phi) is 6.81. The van der Waals surface area contributed by atoms with E-state index in [1.807, 2.05) is 20.8 Å². The number of hydrogen-bond donors (Lipinski definition) is 1. The fourth-order valence-corrected chi connectivity index (χ4v) is 10.3. The third kappa shape index (κ3) is 4.41. The van der Waals surface area contributed by atoms with E-state index in [4.69, 9.17) is 0 Å². The van der Waals surface area contributed by atoms with Crippen molar-refractivity contribution in [2.45, 2.75) is 52.3 Å². The highest BCUT2D eigenvalue weighted by atomic mass is 32.2. The predicted octanol–water partition coefficient (Wildman–Crippen LogP) is 8.45. The standard InChI is InChI=1S/C32H36NOPS/c1-22-17-19-25(20-18-22)28(33-36(34)31(3,4)5)30-27(24-13-9-7-10-14-24)32(6)21-35(30)29(23(32)2)26-15-11-8-12-16-26/h7-20,28,33H,21H2,1-6H3/t28-,32-,35+,36?/m1/s1. The van der Waals surface area contributed by atoms with Crippen LogP contribution in [-0.4, -0.2) is 15.5 Å². The molecule has 186 valence electrons. The van der Waals surface area contributed by atoms with Crippen molar-refractivity contribution in [2.24, 2.45) is 5.41 Å². The lowest BCUT2D eigenvalue weighted by molar-refractivity contribution is 0.536. The summed E-state index contributed by atoms with van der Waals surface area (Å²) in [4.78, 5) is 0. The minimum absolute atomic E-state index is 0.0403. The monoisotopic (exact) mass is 513 g/mol. The van der Waals surface area contributed by atoms with E-state index in [9.17, 15) is 4.55 Å². The van der Waals surface area contributed by atoms with Gasteiger partial charge in [0.2, 0.25) is 0 Å². The second kappa shape index (κ2) is 9.62. The van der Waals surface area contributed by atoms with Crippen LogP contribution in [0.1, 0.15) is 62.9 Å². The first-order valence-electron chi connectivity index (χ1n) is 12.7. The summed E-state index contributed by atoms with van der Waals surface area (Å²) in [6.45, 7) is 13.0. The second-order valence-electron chi connectivity index (χ2n) is 11.2. The molecule has 0 aliphatic carbocycles. The average Bonchev–Trinajstić information content (AvgIpc) is 3.31. The summed E-state index contributed by atoms with van der Waals surface area (Å²) in [6.07, 6.45) is 1.12. The van der Waals surface area contributed by atoms with Gasteiger partial charge in [-0.25, -0.2) is 0 Å². The summed E-state index contributed by atoms with van der Waals surface area (Å²) in [6, 6.07) is 30.4. The minimum atomic E-state index is -1.21. The molecule has 2 aliphatic rings. The highest BCUT2D eigenvalue weighted by molar-refractivity contribution is 7.90. The molecule has 0 saturated carbocycles. The van der Waals surface area contributed by atoms with E-state index in [2.05, 4.69) is 110 Å². The van der Waals surface area contributed by atoms with Crippen molar-refractivity contribution in [3.63, 3.8) is 0 Å². The fraction of sp³-hybridized carbons (Fsp3) is 0.312. The van der Waals surface area contributed by atoms with E-state index >= 15 is 0 Å². The lowest BCUT2D eigenvalue weighted by Crippen LogP contribution is -2.41. The maximum absolute atomic E-state index is 13.6. The molecule has 0 amide bonds. The van der Waals surface area contributed by atoms with Crippen molar-refractivity contribution in [2.75, 3.05) is 6.16 Å². The smallest absolute Gasteiger partial charge is 0.136 e. The van der Waals surface area contributed by atoms with Crippen LogP contribution in [0.3, 0.4) is 0 Å². The van der Waals surface area contributed by atoms with Gasteiger partial charge in [-0.05, 0) is 81.6 Å². The normalized spacial score (nSPS) is 23.4. The Labute approximate surface area is 221 Å². The van der Waals surface area contributed by atoms with Crippen LogP contribution in [0.25, 0.3) is 10.9 Å². The minimum Gasteiger partial charge on any atom is -0.598 e. The second-order valence-corrected chi connectivity index (χ2v) is 15.3. The van der Waals surface area contributed by atoms with Crippen LogP contribution in [-0.2, 0) is 11.4 Å². The van der Waals surface area contributed by atoms with Gasteiger partial charge >= 0.3 is 0 Å². The van der Waals surface area contributed by atoms with Gasteiger partial charge < -0.3 is 4.55 Å². The lowest BCUT2D eigenvalue weighted by atomic mass is 9.73. The molecule has 2 nitrogen and oxygen atoms in total. The van der Waals surface area contributed by atoms with E-state index in [1.54, 1.807) is 0 Å². The van der Waals surface area contributed by atoms with Gasteiger partial charge in [0.1, 0.15) is 10.8 Å². The maximum Gasteiger partial charge on any atom is 0.136 e. The zero-order chi connectivity index (χ0) is 25.7. The van der Waals surface area contributed by atoms with Crippen molar-refractivity contribution in [1.82, 2.24) is 4.72 Å². The molecule has 2 bridgehead atoms. The Morgan fingerprint density at radius 3 is 1.97 bits per heavy atom. The summed E-state index contributed by atoms with van der Waals surface area (Å²) in [5.74, 6) is 0. The summed E-state index contributed by atoms with van der Waals surface area (Å²) >= 11 is -1.21. The number of hydrogen-bond acceptors (Lipinski definition) is 2. The zero-order valence-electron chi connectivity index (χ0n) is 22.1. The average molecular weight is 514 g/mol. The molecule has 0 fully saturated rings. The maximum atomic E-state index is 13.6. The molecule has 5 rings (SSSR count). The van der Waals surface area contributed by atoms with Crippen LogP contribution in [0.4, 0.5) is 0 Å². The predicted molar refractivity (Wildman–Crippen MR) is 157 cm³/mol. The summed E-state index contributed by atoms with van der Waals surface area (Å²) < 4.78 is 16.9. The molecular formula is C32H36NOPS. The lowest BCUT2D eigenvalue weighted by Gasteiger charge is -2.36. The van der Waals surface area contributed by atoms with Crippen molar-refractivity contribution >= 4 is 30.2 Å². The van der Waals surface area contributed by atoms with E-state index in [0.717, 1.165) is 6.16 Å². The summed E-state index contributed by atoms with van der Waals surface area (Å²) in [7, 11) is -0.598. The molecule has 4 atom stereocenters. The zero-order valence-corrected chi connectivity index (χ0v) is 23.8. The quantitative estimate of drug-likeness (QED) is 0.265. The first kappa shape index (κ1) is 25.5. The molecule has 2 heterocycles. The van der Waals surface area contributed by atoms with Crippen molar-refractivity contribution in [1.29, 1.82) is 0 Å². The fourth-order valence-electron chi connectivity index (χ4n) is 5.53. The number of fused-ring (bicyclic) bond motifs is 2. The van der Waals surface area contributed by atoms with Gasteiger partial charge in [-0.1, -0.05) is 103 Å². The molecule has 3 aromatic carbocycles. The largest absolute Gasteiger partial charge is 0.598 e. The van der Waals surface area contributed by atoms with Crippen LogP contribution in [0.5, 0.6) is 0 Å². The summed E-state index contributed by atoms with van der Waals surface area (Å²) in [5.41, 5.74) is 7.91. The highest BCUT2D eigenvalue weighted by Gasteiger charge is 2.54. The molecule has 36 heavy (non-hydrogen) atoms. The number of nitrogens with one attached hydrogen (secondary N) is 1. The summed E-state index contributed by atoms with van der Waals surface area (Å²) in [5, 5.41) is 2.94. The third-order valence-corrected chi connectivity index (χ3v) is 12.3.